The van der Waals surface area contributed by atoms with Gasteiger partial charge in [0.05, 0.1) is 19.3 Å². The number of rotatable bonds is 8. The zero-order chi connectivity index (χ0) is 46.3. The smallest absolute Gasteiger partial charge is 0.227 e. The molecule has 9 heteroatoms. The van der Waals surface area contributed by atoms with Gasteiger partial charge in [0.1, 0.15) is 5.75 Å². The van der Waals surface area contributed by atoms with Crippen molar-refractivity contribution in [2.75, 3.05) is 25.1 Å². The summed E-state index contributed by atoms with van der Waals surface area (Å²) in [5.41, 5.74) is 17.1. The van der Waals surface area contributed by atoms with Crippen molar-refractivity contribution in [3.05, 3.63) is 119 Å². The van der Waals surface area contributed by atoms with Crippen LogP contribution < -0.4 is 35.9 Å². The maximum atomic E-state index is 12.5. The van der Waals surface area contributed by atoms with Gasteiger partial charge in [-0.25, -0.2) is 0 Å². The number of nitrogens with one attached hydrogen (secondary N) is 1. The lowest BCUT2D eigenvalue weighted by Crippen LogP contribution is -2.43. The molecule has 2 heterocycles. The van der Waals surface area contributed by atoms with Gasteiger partial charge in [0.25, 0.3) is 0 Å². The van der Waals surface area contributed by atoms with E-state index in [9.17, 15) is 9.59 Å². The molecule has 0 radical (unpaired) electrons. The molecule has 4 aromatic rings. The van der Waals surface area contributed by atoms with Crippen LogP contribution in [0.4, 0.5) is 5.69 Å². The predicted molar refractivity (Wildman–Crippen MR) is 271 cm³/mol. The molecule has 2 saturated heterocycles. The predicted octanol–water partition coefficient (Wildman–Crippen LogP) is 12.4. The van der Waals surface area contributed by atoms with Crippen LogP contribution in [0, 0.1) is 13.8 Å². The Labute approximate surface area is 393 Å². The van der Waals surface area contributed by atoms with Crippen LogP contribution in [0.5, 0.6) is 17.2 Å². The molecule has 9 rings (SSSR count). The molecule has 9 nitrogen and oxygen atoms in total. The van der Waals surface area contributed by atoms with E-state index >= 15 is 0 Å². The van der Waals surface area contributed by atoms with E-state index in [0.29, 0.717) is 31.4 Å². The zero-order valence-electron chi connectivity index (χ0n) is 40.2. The number of hydrogen-bond acceptors (Lipinski definition) is 7. The second-order valence-electron chi connectivity index (χ2n) is 17.2. The molecule has 2 amide bonds. The van der Waals surface area contributed by atoms with E-state index in [4.69, 9.17) is 25.7 Å². The number of amides is 2. The summed E-state index contributed by atoms with van der Waals surface area (Å²) >= 11 is 0. The quantitative estimate of drug-likeness (QED) is 0.161. The van der Waals surface area contributed by atoms with Crippen LogP contribution in [0.2, 0.25) is 0 Å². The Balaban J connectivity index is 0.000000250. The molecule has 0 bridgehead atoms. The van der Waals surface area contributed by atoms with Crippen LogP contribution in [0.15, 0.2) is 97.1 Å². The number of aryl methyl sites for hydroxylation is 2. The van der Waals surface area contributed by atoms with Crippen molar-refractivity contribution in [1.29, 1.82) is 0 Å². The number of carbonyl (C=O) groups excluding carboxylic acids is 2. The highest BCUT2D eigenvalue weighted by Crippen LogP contribution is 2.38. The van der Waals surface area contributed by atoms with Gasteiger partial charge in [-0.1, -0.05) is 120 Å². The van der Waals surface area contributed by atoms with E-state index < -0.39 is 0 Å². The lowest BCUT2D eigenvalue weighted by Gasteiger charge is -2.24. The first kappa shape index (κ1) is 54.5. The molecule has 5 aliphatic rings. The van der Waals surface area contributed by atoms with E-state index in [1.54, 1.807) is 7.11 Å². The highest BCUT2D eigenvalue weighted by molar-refractivity contribution is 5.96. The van der Waals surface area contributed by atoms with Crippen LogP contribution >= 0.6 is 0 Å². The summed E-state index contributed by atoms with van der Waals surface area (Å²) in [7, 11) is 1.67. The minimum absolute atomic E-state index is 0. The maximum Gasteiger partial charge on any atom is 0.227 e. The first-order chi connectivity index (χ1) is 31.2. The molecule has 65 heavy (non-hydrogen) atoms. The standard InChI is InChI=1S/C22H25NO3.C16H21NO2.C7H8.C6H14N2.2C2H6.CH4/c1-25-20-12-11-16(13-21(20)26-19-9-5-6-10-19)17-14-22(24)23(15-17)18-7-3-2-4-8-18;1-11-6-7-12(13-9-16(18)17-10-13)8-15(11)19-14-4-2-3-5-14;1-7-5-3-2-4-6-7;7-5-3-1-2-4-6(5)8;2*1-2;/h2-4,7-8,11-13,17,19H,5-6,9-10,14-15H2,1H3;6-8,13-14H,2-5,9-10H2,1H3,(H,17,18);2-6H,1H3;5-6H,1-4,7-8H2;2*1-2H3;1H4/t17-;13-;;5-,6-;;;/m00.1.../s1. The number of nitrogens with two attached hydrogens (primary N) is 2. The molecule has 0 spiro atoms. The average molecular weight is 893 g/mol. The molecule has 4 atom stereocenters. The molecule has 5 N–H and O–H groups in total. The number of methoxy groups -OCH3 is 1. The fourth-order valence-electron chi connectivity index (χ4n) is 8.76. The second-order valence-corrected chi connectivity index (χ2v) is 17.2. The molecular weight excluding hydrogens is 809 g/mol. The fourth-order valence-corrected chi connectivity index (χ4v) is 8.76. The van der Waals surface area contributed by atoms with Gasteiger partial charge in [-0.05, 0) is 125 Å². The van der Waals surface area contributed by atoms with E-state index in [2.05, 4.69) is 61.6 Å². The third kappa shape index (κ3) is 17.5. The van der Waals surface area contributed by atoms with Gasteiger partial charge in [-0.2, -0.15) is 0 Å². The molecule has 0 unspecified atom stereocenters. The summed E-state index contributed by atoms with van der Waals surface area (Å²) in [5, 5.41) is 2.90. The summed E-state index contributed by atoms with van der Waals surface area (Å²) in [5.74, 6) is 3.40. The average Bonchev–Trinajstić information content (AvgIpc) is 4.19. The van der Waals surface area contributed by atoms with Crippen molar-refractivity contribution in [3.8, 4) is 17.2 Å². The largest absolute Gasteiger partial charge is 0.493 e. The van der Waals surface area contributed by atoms with Crippen LogP contribution in [0.3, 0.4) is 0 Å². The highest BCUT2D eigenvalue weighted by atomic mass is 16.5. The third-order valence-corrected chi connectivity index (χ3v) is 12.5. The summed E-state index contributed by atoms with van der Waals surface area (Å²) in [6, 6.07) is 33.2. The Hall–Kier alpha value is -4.86. The molecule has 0 aromatic heterocycles. The fraction of sp³-hybridized carbons (Fsp3) is 0.536. The van der Waals surface area contributed by atoms with Crippen molar-refractivity contribution in [3.63, 3.8) is 0 Å². The molecule has 3 aliphatic carbocycles. The lowest BCUT2D eigenvalue weighted by molar-refractivity contribution is -0.119. The molecule has 5 fully saturated rings. The topological polar surface area (TPSA) is 129 Å². The number of benzene rings is 4. The van der Waals surface area contributed by atoms with Crippen LogP contribution in [0.1, 0.15) is 159 Å². The minimum Gasteiger partial charge on any atom is -0.493 e. The lowest BCUT2D eigenvalue weighted by atomic mass is 9.92. The highest BCUT2D eigenvalue weighted by Gasteiger charge is 2.32. The SMILES string of the molecule is C.CC.CC.COc1ccc([C@H]2CC(=O)N(c3ccccc3)C2)cc1OC1CCCC1.Cc1ccc([C@@H]2CNC(=O)C2)cc1OC1CCCC1.Cc1ccccc1.N[C@@H]1CCCC[C@H]1N. The van der Waals surface area contributed by atoms with Gasteiger partial charge < -0.3 is 35.9 Å². The Bertz CT molecular complexity index is 1920. The Morgan fingerprint density at radius 2 is 1.08 bits per heavy atom. The molecule has 4 aromatic carbocycles. The van der Waals surface area contributed by atoms with Gasteiger partial charge in [-0.15, -0.1) is 0 Å². The minimum atomic E-state index is 0. The van der Waals surface area contributed by atoms with Crippen molar-refractivity contribution in [2.45, 2.75) is 175 Å². The van der Waals surface area contributed by atoms with Gasteiger partial charge in [0, 0.05) is 55.5 Å². The number of nitrogens with zero attached hydrogens (tertiary/aromatic N) is 1. The molecule has 2 aliphatic heterocycles. The summed E-state index contributed by atoms with van der Waals surface area (Å²) < 4.78 is 17.8. The Kier molecular flexibility index (Phi) is 24.8. The maximum absolute atomic E-state index is 12.5. The number of anilines is 1. The van der Waals surface area contributed by atoms with Crippen LogP contribution in [-0.4, -0.2) is 56.3 Å². The van der Waals surface area contributed by atoms with E-state index in [-0.39, 0.29) is 43.3 Å². The monoisotopic (exact) mass is 893 g/mol. The van der Waals surface area contributed by atoms with Crippen LogP contribution in [0.25, 0.3) is 0 Å². The normalized spacial score (nSPS) is 21.2. The first-order valence-corrected chi connectivity index (χ1v) is 24.4. The summed E-state index contributed by atoms with van der Waals surface area (Å²) in [4.78, 5) is 25.7. The Morgan fingerprint density at radius 1 is 0.585 bits per heavy atom. The van der Waals surface area contributed by atoms with Crippen LogP contribution in [-0.2, 0) is 9.59 Å². The zero-order valence-corrected chi connectivity index (χ0v) is 40.2. The van der Waals surface area contributed by atoms with E-state index in [1.165, 1.54) is 68.1 Å². The number of para-hydroxylation sites is 1. The first-order valence-electron chi connectivity index (χ1n) is 24.4. The van der Waals surface area contributed by atoms with Gasteiger partial charge in [-0.3, -0.25) is 9.59 Å². The van der Waals surface area contributed by atoms with Crippen molar-refractivity contribution in [1.82, 2.24) is 5.32 Å². The van der Waals surface area contributed by atoms with Crippen molar-refractivity contribution in [2.24, 2.45) is 11.5 Å². The Morgan fingerprint density at radius 3 is 1.57 bits per heavy atom. The summed E-state index contributed by atoms with van der Waals surface area (Å²) in [6.45, 7) is 13.6. The molecule has 358 valence electrons. The molecule has 3 saturated carbocycles. The number of ether oxygens (including phenoxy) is 3. The van der Waals surface area contributed by atoms with Gasteiger partial charge in [0.2, 0.25) is 11.8 Å². The van der Waals surface area contributed by atoms with Crippen molar-refractivity contribution < 1.29 is 23.8 Å². The third-order valence-electron chi connectivity index (χ3n) is 12.5. The summed E-state index contributed by atoms with van der Waals surface area (Å²) in [6.07, 6.45) is 16.2. The number of hydrogen-bond donors (Lipinski definition) is 3. The van der Waals surface area contributed by atoms with Gasteiger partial charge >= 0.3 is 0 Å². The molecular formula is C56H84N4O5. The van der Waals surface area contributed by atoms with E-state index in [0.717, 1.165) is 60.7 Å². The van der Waals surface area contributed by atoms with Gasteiger partial charge in [0.15, 0.2) is 11.5 Å². The van der Waals surface area contributed by atoms with Crippen molar-refractivity contribution >= 4 is 17.5 Å². The van der Waals surface area contributed by atoms with E-state index in [1.807, 2.05) is 87.2 Å². The number of carbonyl (C=O) groups is 2. The second kappa shape index (κ2) is 29.6.